The van der Waals surface area contributed by atoms with Crippen molar-refractivity contribution in [2.24, 2.45) is 0 Å². The Morgan fingerprint density at radius 1 is 1.07 bits per heavy atom. The normalized spacial score (nSPS) is 10.6. The lowest BCUT2D eigenvalue weighted by atomic mass is 9.98. The number of H-pyrrole nitrogens is 2. The Hall–Kier alpha value is -1.77. The van der Waals surface area contributed by atoms with Crippen molar-refractivity contribution in [2.45, 2.75) is 20.8 Å². The van der Waals surface area contributed by atoms with Crippen molar-refractivity contribution in [3.8, 4) is 11.3 Å². The molecule has 1 heterocycles. The zero-order valence-corrected chi connectivity index (χ0v) is 9.14. The van der Waals surface area contributed by atoms with Crippen LogP contribution in [0.5, 0.6) is 0 Å². The van der Waals surface area contributed by atoms with Gasteiger partial charge in [-0.05, 0) is 31.9 Å². The van der Waals surface area contributed by atoms with Crippen LogP contribution in [0.25, 0.3) is 11.3 Å². The highest BCUT2D eigenvalue weighted by atomic mass is 16.1. The monoisotopic (exact) mass is 202 g/mol. The van der Waals surface area contributed by atoms with E-state index in [0.717, 1.165) is 11.3 Å². The molecule has 3 nitrogen and oxygen atoms in total. The van der Waals surface area contributed by atoms with Gasteiger partial charge < -0.3 is 9.97 Å². The predicted octanol–water partition coefficient (Wildman–Crippen LogP) is 2.30. The summed E-state index contributed by atoms with van der Waals surface area (Å²) in [6.07, 6.45) is 1.72. The second-order valence-electron chi connectivity index (χ2n) is 3.93. The molecule has 2 aromatic rings. The molecule has 0 spiro atoms. The number of aromatic amines is 2. The van der Waals surface area contributed by atoms with Crippen LogP contribution in [0.3, 0.4) is 0 Å². The van der Waals surface area contributed by atoms with E-state index in [4.69, 9.17) is 0 Å². The number of rotatable bonds is 1. The maximum Gasteiger partial charge on any atom is 0.323 e. The van der Waals surface area contributed by atoms with E-state index < -0.39 is 0 Å². The maximum atomic E-state index is 11.0. The van der Waals surface area contributed by atoms with Crippen molar-refractivity contribution in [1.29, 1.82) is 0 Å². The Balaban J connectivity index is 2.67. The molecule has 2 N–H and O–H groups in total. The quantitative estimate of drug-likeness (QED) is 0.732. The molecule has 0 fully saturated rings. The van der Waals surface area contributed by atoms with Crippen LogP contribution in [0.2, 0.25) is 0 Å². The molecule has 2 rings (SSSR count). The minimum Gasteiger partial charge on any atom is -0.312 e. The smallest absolute Gasteiger partial charge is 0.312 e. The van der Waals surface area contributed by atoms with Gasteiger partial charge in [-0.25, -0.2) is 4.79 Å². The van der Waals surface area contributed by atoms with Crippen LogP contribution in [-0.2, 0) is 0 Å². The molecule has 0 amide bonds. The zero-order chi connectivity index (χ0) is 11.0. The summed E-state index contributed by atoms with van der Waals surface area (Å²) in [5, 5.41) is 0. The first kappa shape index (κ1) is 9.77. The lowest BCUT2D eigenvalue weighted by molar-refractivity contribution is 1.19. The average molecular weight is 202 g/mol. The van der Waals surface area contributed by atoms with Crippen LogP contribution in [0.4, 0.5) is 0 Å². The van der Waals surface area contributed by atoms with Gasteiger partial charge in [0.15, 0.2) is 0 Å². The van der Waals surface area contributed by atoms with E-state index >= 15 is 0 Å². The van der Waals surface area contributed by atoms with E-state index in [9.17, 15) is 4.79 Å². The van der Waals surface area contributed by atoms with Crippen molar-refractivity contribution in [3.05, 3.63) is 45.5 Å². The molecule has 0 unspecified atom stereocenters. The Morgan fingerprint density at radius 3 is 2.13 bits per heavy atom. The molecule has 1 aromatic heterocycles. The van der Waals surface area contributed by atoms with Crippen LogP contribution >= 0.6 is 0 Å². The number of aryl methyl sites for hydroxylation is 3. The third-order valence-electron chi connectivity index (χ3n) is 2.54. The fourth-order valence-corrected chi connectivity index (χ4v) is 2.07. The molecule has 15 heavy (non-hydrogen) atoms. The minimum absolute atomic E-state index is 0.163. The molecule has 0 atom stereocenters. The van der Waals surface area contributed by atoms with Gasteiger partial charge in [0.1, 0.15) is 0 Å². The fourth-order valence-electron chi connectivity index (χ4n) is 2.07. The van der Waals surface area contributed by atoms with E-state index in [2.05, 4.69) is 42.9 Å². The van der Waals surface area contributed by atoms with Crippen LogP contribution in [-0.4, -0.2) is 9.97 Å². The number of imidazole rings is 1. The summed E-state index contributed by atoms with van der Waals surface area (Å²) in [6.45, 7) is 6.19. The largest absolute Gasteiger partial charge is 0.323 e. The Bertz CT molecular complexity index is 526. The maximum absolute atomic E-state index is 11.0. The number of aromatic nitrogens is 2. The molecule has 0 bridgehead atoms. The standard InChI is InChI=1S/C12H14N2O/c1-7-4-8(2)11(9(3)5-7)10-6-13-12(15)14-10/h4-6H,1-3H3,(H2,13,14,15). The second-order valence-corrected chi connectivity index (χ2v) is 3.93. The molecule has 0 radical (unpaired) electrons. The van der Waals surface area contributed by atoms with Gasteiger partial charge in [0.25, 0.3) is 0 Å². The van der Waals surface area contributed by atoms with Crippen LogP contribution in [0.15, 0.2) is 23.1 Å². The SMILES string of the molecule is Cc1cc(C)c(-c2c[nH]c(=O)[nH]2)c(C)c1. The third kappa shape index (κ3) is 1.73. The van der Waals surface area contributed by atoms with Crippen molar-refractivity contribution < 1.29 is 0 Å². The predicted molar refractivity (Wildman–Crippen MR) is 61.1 cm³/mol. The molecule has 0 aliphatic carbocycles. The average Bonchev–Trinajstić information content (AvgIpc) is 2.49. The number of benzene rings is 1. The van der Waals surface area contributed by atoms with Crippen molar-refractivity contribution in [2.75, 3.05) is 0 Å². The highest BCUT2D eigenvalue weighted by Gasteiger charge is 2.07. The molecule has 78 valence electrons. The lowest BCUT2D eigenvalue weighted by Gasteiger charge is -2.08. The van der Waals surface area contributed by atoms with Gasteiger partial charge >= 0.3 is 5.69 Å². The van der Waals surface area contributed by atoms with Gasteiger partial charge in [-0.3, -0.25) is 0 Å². The van der Waals surface area contributed by atoms with E-state index in [1.165, 1.54) is 16.7 Å². The Morgan fingerprint density at radius 2 is 1.67 bits per heavy atom. The number of nitrogens with one attached hydrogen (secondary N) is 2. The molecule has 0 aliphatic rings. The van der Waals surface area contributed by atoms with Gasteiger partial charge in [-0.2, -0.15) is 0 Å². The van der Waals surface area contributed by atoms with E-state index in [1.54, 1.807) is 6.20 Å². The summed E-state index contributed by atoms with van der Waals surface area (Å²) in [7, 11) is 0. The summed E-state index contributed by atoms with van der Waals surface area (Å²) in [4.78, 5) is 16.4. The summed E-state index contributed by atoms with van der Waals surface area (Å²) in [5.74, 6) is 0. The summed E-state index contributed by atoms with van der Waals surface area (Å²) in [5.41, 5.74) is 5.41. The molecule has 0 saturated heterocycles. The van der Waals surface area contributed by atoms with E-state index in [1.807, 2.05) is 0 Å². The van der Waals surface area contributed by atoms with Crippen LogP contribution in [0.1, 0.15) is 16.7 Å². The molecule has 3 heteroatoms. The van der Waals surface area contributed by atoms with Gasteiger partial charge in [0, 0.05) is 11.8 Å². The van der Waals surface area contributed by atoms with E-state index in [0.29, 0.717) is 0 Å². The molecule has 0 aliphatic heterocycles. The van der Waals surface area contributed by atoms with Gasteiger partial charge in [0.2, 0.25) is 0 Å². The lowest BCUT2D eigenvalue weighted by Crippen LogP contribution is -2.00. The third-order valence-corrected chi connectivity index (χ3v) is 2.54. The van der Waals surface area contributed by atoms with Crippen LogP contribution < -0.4 is 5.69 Å². The van der Waals surface area contributed by atoms with Crippen molar-refractivity contribution in [3.63, 3.8) is 0 Å². The molecular weight excluding hydrogens is 188 g/mol. The highest BCUT2D eigenvalue weighted by Crippen LogP contribution is 2.25. The number of hydrogen-bond acceptors (Lipinski definition) is 1. The number of hydrogen-bond donors (Lipinski definition) is 2. The topological polar surface area (TPSA) is 48.6 Å². The van der Waals surface area contributed by atoms with Crippen molar-refractivity contribution in [1.82, 2.24) is 9.97 Å². The first-order valence-electron chi connectivity index (χ1n) is 4.94. The molecule has 0 saturated carbocycles. The molecule has 1 aromatic carbocycles. The summed E-state index contributed by atoms with van der Waals surface area (Å²) < 4.78 is 0. The minimum atomic E-state index is -0.163. The Kier molecular flexibility index (Phi) is 2.23. The van der Waals surface area contributed by atoms with E-state index in [-0.39, 0.29) is 5.69 Å². The summed E-state index contributed by atoms with van der Waals surface area (Å²) in [6, 6.07) is 4.24. The zero-order valence-electron chi connectivity index (χ0n) is 9.14. The van der Waals surface area contributed by atoms with Crippen molar-refractivity contribution >= 4 is 0 Å². The summed E-state index contributed by atoms with van der Waals surface area (Å²) >= 11 is 0. The van der Waals surface area contributed by atoms with Crippen LogP contribution in [0, 0.1) is 20.8 Å². The first-order chi connectivity index (χ1) is 7.08. The fraction of sp³-hybridized carbons (Fsp3) is 0.250. The molecular formula is C12H14N2O. The van der Waals surface area contributed by atoms with Gasteiger partial charge in [-0.15, -0.1) is 0 Å². The highest BCUT2D eigenvalue weighted by molar-refractivity contribution is 5.67. The first-order valence-corrected chi connectivity index (χ1v) is 4.94. The van der Waals surface area contributed by atoms with Gasteiger partial charge in [-0.1, -0.05) is 17.7 Å². The second kappa shape index (κ2) is 3.42. The Labute approximate surface area is 88.2 Å². The van der Waals surface area contributed by atoms with Gasteiger partial charge in [0.05, 0.1) is 5.69 Å².